The Hall–Kier alpha value is -1.97. The Labute approximate surface area is 138 Å². The molecule has 2 unspecified atom stereocenters. The molecule has 3 rings (SSSR count). The maximum absolute atomic E-state index is 12.5. The van der Waals surface area contributed by atoms with E-state index in [2.05, 4.69) is 18.2 Å². The van der Waals surface area contributed by atoms with Gasteiger partial charge < -0.3 is 9.47 Å². The number of carbonyl (C=O) groups is 1. The molecule has 0 aliphatic carbocycles. The molecule has 0 radical (unpaired) electrons. The van der Waals surface area contributed by atoms with Gasteiger partial charge in [-0.05, 0) is 63.3 Å². The van der Waals surface area contributed by atoms with E-state index in [0.717, 1.165) is 25.0 Å². The van der Waals surface area contributed by atoms with Gasteiger partial charge in [0.2, 0.25) is 0 Å². The summed E-state index contributed by atoms with van der Waals surface area (Å²) in [6.07, 6.45) is 4.96. The Kier molecular flexibility index (Phi) is 4.09. The van der Waals surface area contributed by atoms with E-state index in [4.69, 9.17) is 9.47 Å². The van der Waals surface area contributed by atoms with Gasteiger partial charge in [0.05, 0.1) is 13.2 Å². The molecule has 2 aliphatic rings. The minimum atomic E-state index is -0.451. The average molecular weight is 315 g/mol. The summed E-state index contributed by atoms with van der Waals surface area (Å²) >= 11 is 0. The first kappa shape index (κ1) is 15.9. The van der Waals surface area contributed by atoms with E-state index < -0.39 is 5.60 Å². The summed E-state index contributed by atoms with van der Waals surface area (Å²) < 4.78 is 10.9. The molecular formula is C19H25NO3. The molecule has 2 aliphatic heterocycles. The third-order valence-corrected chi connectivity index (χ3v) is 4.44. The Morgan fingerprint density at radius 2 is 2.04 bits per heavy atom. The van der Waals surface area contributed by atoms with E-state index in [1.165, 1.54) is 11.1 Å². The summed E-state index contributed by atoms with van der Waals surface area (Å²) in [6, 6.07) is 8.52. The van der Waals surface area contributed by atoms with E-state index in [1.807, 2.05) is 37.8 Å². The largest absolute Gasteiger partial charge is 0.497 e. The number of benzene rings is 1. The molecule has 1 fully saturated rings. The molecule has 2 heterocycles. The van der Waals surface area contributed by atoms with Crippen molar-refractivity contribution >= 4 is 11.7 Å². The van der Waals surface area contributed by atoms with Crippen LogP contribution in [0.5, 0.6) is 5.75 Å². The fraction of sp³-hybridized carbons (Fsp3) is 0.526. The number of hydrogen-bond donors (Lipinski definition) is 0. The SMILES string of the molecule is COc1cccc(C2=CC3CCC(C2)N3C(=O)OC(C)(C)C)c1. The molecule has 1 amide bonds. The second-order valence-corrected chi connectivity index (χ2v) is 7.31. The summed E-state index contributed by atoms with van der Waals surface area (Å²) in [5, 5.41) is 0. The van der Waals surface area contributed by atoms with Crippen LogP contribution in [-0.2, 0) is 4.74 Å². The van der Waals surface area contributed by atoms with Crippen LogP contribution in [0.25, 0.3) is 5.57 Å². The van der Waals surface area contributed by atoms with Gasteiger partial charge >= 0.3 is 6.09 Å². The van der Waals surface area contributed by atoms with Crippen LogP contribution < -0.4 is 4.74 Å². The first-order valence-electron chi connectivity index (χ1n) is 8.24. The number of methoxy groups -OCH3 is 1. The zero-order valence-electron chi connectivity index (χ0n) is 14.3. The molecule has 2 bridgehead atoms. The van der Waals surface area contributed by atoms with Gasteiger partial charge in [0.15, 0.2) is 0 Å². The second kappa shape index (κ2) is 5.91. The van der Waals surface area contributed by atoms with E-state index in [9.17, 15) is 4.79 Å². The highest BCUT2D eigenvalue weighted by atomic mass is 16.6. The van der Waals surface area contributed by atoms with Crippen LogP contribution in [0.15, 0.2) is 30.3 Å². The van der Waals surface area contributed by atoms with Crippen LogP contribution in [0.3, 0.4) is 0 Å². The molecule has 4 nitrogen and oxygen atoms in total. The zero-order valence-corrected chi connectivity index (χ0v) is 14.3. The van der Waals surface area contributed by atoms with Gasteiger partial charge in [0, 0.05) is 6.04 Å². The number of hydrogen-bond acceptors (Lipinski definition) is 3. The molecule has 0 spiro atoms. The Bertz CT molecular complexity index is 630. The molecule has 1 saturated heterocycles. The standard InChI is InChI=1S/C19H25NO3/c1-19(2,3)23-18(21)20-15-8-9-16(20)11-14(10-15)13-6-5-7-17(12-13)22-4/h5-7,10,12,15-16H,8-9,11H2,1-4H3. The minimum Gasteiger partial charge on any atom is -0.497 e. The number of rotatable bonds is 2. The fourth-order valence-electron chi connectivity index (χ4n) is 3.47. The van der Waals surface area contributed by atoms with Gasteiger partial charge in [0.25, 0.3) is 0 Å². The second-order valence-electron chi connectivity index (χ2n) is 7.31. The number of amides is 1. The summed E-state index contributed by atoms with van der Waals surface area (Å²) in [6.45, 7) is 5.73. The molecule has 1 aromatic carbocycles. The quantitative estimate of drug-likeness (QED) is 0.819. The highest BCUT2D eigenvalue weighted by molar-refractivity contribution is 5.75. The third-order valence-electron chi connectivity index (χ3n) is 4.44. The lowest BCUT2D eigenvalue weighted by Gasteiger charge is -2.35. The highest BCUT2D eigenvalue weighted by Gasteiger charge is 2.41. The van der Waals surface area contributed by atoms with E-state index in [0.29, 0.717) is 0 Å². The number of nitrogens with zero attached hydrogens (tertiary/aromatic N) is 1. The van der Waals surface area contributed by atoms with Crippen LogP contribution in [0.2, 0.25) is 0 Å². The van der Waals surface area contributed by atoms with Gasteiger partial charge in [-0.25, -0.2) is 4.79 Å². The maximum Gasteiger partial charge on any atom is 0.411 e. The molecule has 23 heavy (non-hydrogen) atoms. The lowest BCUT2D eigenvalue weighted by molar-refractivity contribution is 0.0175. The smallest absolute Gasteiger partial charge is 0.411 e. The van der Waals surface area contributed by atoms with Crippen molar-refractivity contribution in [2.75, 3.05) is 7.11 Å². The van der Waals surface area contributed by atoms with Gasteiger partial charge in [-0.3, -0.25) is 4.90 Å². The molecule has 0 saturated carbocycles. The number of carbonyl (C=O) groups excluding carboxylic acids is 1. The van der Waals surface area contributed by atoms with Gasteiger partial charge in [-0.15, -0.1) is 0 Å². The average Bonchev–Trinajstić information content (AvgIpc) is 2.76. The Morgan fingerprint density at radius 1 is 1.26 bits per heavy atom. The minimum absolute atomic E-state index is 0.143. The first-order chi connectivity index (χ1) is 10.9. The van der Waals surface area contributed by atoms with Crippen LogP contribution in [0.1, 0.15) is 45.6 Å². The third kappa shape index (κ3) is 3.36. The highest BCUT2D eigenvalue weighted by Crippen LogP contribution is 2.39. The van der Waals surface area contributed by atoms with E-state index in [1.54, 1.807) is 7.11 Å². The van der Waals surface area contributed by atoms with Crippen molar-refractivity contribution in [3.63, 3.8) is 0 Å². The Morgan fingerprint density at radius 3 is 2.70 bits per heavy atom. The van der Waals surface area contributed by atoms with Crippen molar-refractivity contribution in [3.05, 3.63) is 35.9 Å². The van der Waals surface area contributed by atoms with Crippen molar-refractivity contribution in [1.29, 1.82) is 0 Å². The van der Waals surface area contributed by atoms with Crippen molar-refractivity contribution < 1.29 is 14.3 Å². The van der Waals surface area contributed by atoms with Gasteiger partial charge in [-0.1, -0.05) is 18.2 Å². The maximum atomic E-state index is 12.5. The summed E-state index contributed by atoms with van der Waals surface area (Å²) in [5.74, 6) is 0.866. The molecule has 4 heteroatoms. The predicted octanol–water partition coefficient (Wildman–Crippen LogP) is 4.25. The molecule has 2 atom stereocenters. The van der Waals surface area contributed by atoms with Crippen molar-refractivity contribution in [3.8, 4) is 5.75 Å². The molecule has 124 valence electrons. The topological polar surface area (TPSA) is 38.8 Å². The van der Waals surface area contributed by atoms with Gasteiger partial charge in [-0.2, -0.15) is 0 Å². The first-order valence-corrected chi connectivity index (χ1v) is 8.24. The van der Waals surface area contributed by atoms with Crippen LogP contribution in [0.4, 0.5) is 4.79 Å². The lowest BCUT2D eigenvalue weighted by Crippen LogP contribution is -2.45. The molecular weight excluding hydrogens is 290 g/mol. The van der Waals surface area contributed by atoms with Crippen molar-refractivity contribution in [1.82, 2.24) is 4.90 Å². The van der Waals surface area contributed by atoms with Gasteiger partial charge in [0.1, 0.15) is 11.4 Å². The van der Waals surface area contributed by atoms with E-state index >= 15 is 0 Å². The van der Waals surface area contributed by atoms with Crippen LogP contribution >= 0.6 is 0 Å². The van der Waals surface area contributed by atoms with Crippen LogP contribution in [0, 0.1) is 0 Å². The van der Waals surface area contributed by atoms with Crippen LogP contribution in [-0.4, -0.2) is 35.8 Å². The number of fused-ring (bicyclic) bond motifs is 2. The fourth-order valence-corrected chi connectivity index (χ4v) is 3.47. The molecule has 1 aromatic rings. The molecule has 0 N–H and O–H groups in total. The van der Waals surface area contributed by atoms with Crippen molar-refractivity contribution in [2.24, 2.45) is 0 Å². The monoisotopic (exact) mass is 315 g/mol. The van der Waals surface area contributed by atoms with Crippen molar-refractivity contribution in [2.45, 2.75) is 57.7 Å². The predicted molar refractivity (Wildman–Crippen MR) is 90.5 cm³/mol. The summed E-state index contributed by atoms with van der Waals surface area (Å²) in [5.41, 5.74) is 2.04. The molecule has 0 aromatic heterocycles. The lowest BCUT2D eigenvalue weighted by atomic mass is 9.95. The van der Waals surface area contributed by atoms with E-state index in [-0.39, 0.29) is 18.2 Å². The number of ether oxygens (including phenoxy) is 2. The normalized spacial score (nSPS) is 23.5. The summed E-state index contributed by atoms with van der Waals surface area (Å²) in [4.78, 5) is 14.4. The summed E-state index contributed by atoms with van der Waals surface area (Å²) in [7, 11) is 1.68. The Balaban J connectivity index is 1.81. The zero-order chi connectivity index (χ0) is 16.6.